The van der Waals surface area contributed by atoms with Crippen molar-refractivity contribution in [1.29, 1.82) is 0 Å². The van der Waals surface area contributed by atoms with Gasteiger partial charge in [-0.15, -0.1) is 0 Å². The number of rotatable bonds is 2. The van der Waals surface area contributed by atoms with Crippen LogP contribution in [0.2, 0.25) is 5.02 Å². The van der Waals surface area contributed by atoms with Crippen molar-refractivity contribution in [3.63, 3.8) is 0 Å². The highest BCUT2D eigenvalue weighted by molar-refractivity contribution is 6.31. The molecule has 1 heterocycles. The molecule has 0 aliphatic heterocycles. The van der Waals surface area contributed by atoms with Crippen LogP contribution in [0.15, 0.2) is 18.2 Å². The van der Waals surface area contributed by atoms with E-state index in [9.17, 15) is 0 Å². The van der Waals surface area contributed by atoms with Crippen LogP contribution in [0.3, 0.4) is 0 Å². The lowest BCUT2D eigenvalue weighted by molar-refractivity contribution is 0.988. The third kappa shape index (κ3) is 2.26. The Balaban J connectivity index is 2.76. The van der Waals surface area contributed by atoms with Gasteiger partial charge in [0.15, 0.2) is 0 Å². The first kappa shape index (κ1) is 11.9. The van der Waals surface area contributed by atoms with Crippen molar-refractivity contribution in [1.82, 2.24) is 9.97 Å². The third-order valence-corrected chi connectivity index (χ3v) is 2.69. The molecule has 0 amide bonds. The summed E-state index contributed by atoms with van der Waals surface area (Å²) in [4.78, 5) is 12.9. The third-order valence-electron chi connectivity index (χ3n) is 2.45. The molecule has 0 N–H and O–H groups in total. The van der Waals surface area contributed by atoms with Crippen molar-refractivity contribution in [2.24, 2.45) is 0 Å². The van der Waals surface area contributed by atoms with E-state index in [-0.39, 0.29) is 0 Å². The molecule has 17 heavy (non-hydrogen) atoms. The summed E-state index contributed by atoms with van der Waals surface area (Å²) in [5.41, 5.74) is 0.861. The van der Waals surface area contributed by atoms with Crippen LogP contribution in [-0.2, 0) is 0 Å². The van der Waals surface area contributed by atoms with E-state index >= 15 is 0 Å². The van der Waals surface area contributed by atoms with Gasteiger partial charge < -0.3 is 9.80 Å². The molecule has 0 aliphatic rings. The maximum absolute atomic E-state index is 5.99. The van der Waals surface area contributed by atoms with E-state index in [0.717, 1.165) is 16.7 Å². The smallest absolute Gasteiger partial charge is 0.227 e. The summed E-state index contributed by atoms with van der Waals surface area (Å²) in [7, 11) is 7.78. The second-order valence-electron chi connectivity index (χ2n) is 4.30. The Morgan fingerprint density at radius 1 is 1.00 bits per heavy atom. The van der Waals surface area contributed by atoms with Crippen molar-refractivity contribution < 1.29 is 0 Å². The average Bonchev–Trinajstić information content (AvgIpc) is 2.26. The molecule has 1 aromatic heterocycles. The Kier molecular flexibility index (Phi) is 3.07. The number of hydrogen-bond donors (Lipinski definition) is 0. The summed E-state index contributed by atoms with van der Waals surface area (Å²) in [5.74, 6) is 1.58. The number of nitrogens with zero attached hydrogens (tertiary/aromatic N) is 4. The van der Waals surface area contributed by atoms with Gasteiger partial charge in [0.1, 0.15) is 5.82 Å². The molecule has 2 aromatic rings. The standard InChI is InChI=1S/C12H15ClN4/c1-16(2)11-9-6-5-8(13)7-10(9)14-12(15-11)17(3)4/h5-7H,1-4H3. The zero-order valence-electron chi connectivity index (χ0n) is 10.4. The largest absolute Gasteiger partial charge is 0.362 e. The van der Waals surface area contributed by atoms with Gasteiger partial charge >= 0.3 is 0 Å². The van der Waals surface area contributed by atoms with Crippen molar-refractivity contribution >= 4 is 34.3 Å². The van der Waals surface area contributed by atoms with Crippen LogP contribution >= 0.6 is 11.6 Å². The van der Waals surface area contributed by atoms with E-state index in [1.165, 1.54) is 0 Å². The van der Waals surface area contributed by atoms with E-state index in [2.05, 4.69) is 9.97 Å². The zero-order valence-corrected chi connectivity index (χ0v) is 11.2. The van der Waals surface area contributed by atoms with Crippen molar-refractivity contribution in [2.75, 3.05) is 38.0 Å². The van der Waals surface area contributed by atoms with Crippen LogP contribution in [-0.4, -0.2) is 38.2 Å². The van der Waals surface area contributed by atoms with Gasteiger partial charge in [0.25, 0.3) is 0 Å². The summed E-state index contributed by atoms with van der Waals surface area (Å²) >= 11 is 5.99. The number of halogens is 1. The number of fused-ring (bicyclic) bond motifs is 1. The summed E-state index contributed by atoms with van der Waals surface area (Å²) in [6.07, 6.45) is 0. The van der Waals surface area contributed by atoms with Crippen LogP contribution in [0, 0.1) is 0 Å². The topological polar surface area (TPSA) is 32.3 Å². The Morgan fingerprint density at radius 2 is 1.71 bits per heavy atom. The average molecular weight is 251 g/mol. The maximum Gasteiger partial charge on any atom is 0.227 e. The van der Waals surface area contributed by atoms with Gasteiger partial charge in [0.05, 0.1) is 5.52 Å². The predicted octanol–water partition coefficient (Wildman–Crippen LogP) is 2.42. The highest BCUT2D eigenvalue weighted by Crippen LogP contribution is 2.26. The number of hydrogen-bond acceptors (Lipinski definition) is 4. The first-order valence-corrected chi connectivity index (χ1v) is 5.69. The molecule has 0 saturated carbocycles. The van der Waals surface area contributed by atoms with Crippen LogP contribution in [0.1, 0.15) is 0 Å². The Labute approximate surface area is 106 Å². The zero-order chi connectivity index (χ0) is 12.6. The summed E-state index contributed by atoms with van der Waals surface area (Å²) in [6, 6.07) is 5.67. The van der Waals surface area contributed by atoms with Crippen molar-refractivity contribution in [2.45, 2.75) is 0 Å². The minimum atomic E-state index is 0.684. The fourth-order valence-electron chi connectivity index (χ4n) is 1.61. The summed E-state index contributed by atoms with van der Waals surface area (Å²) in [5, 5.41) is 1.69. The second-order valence-corrected chi connectivity index (χ2v) is 4.73. The quantitative estimate of drug-likeness (QED) is 0.820. The highest BCUT2D eigenvalue weighted by Gasteiger charge is 2.10. The van der Waals surface area contributed by atoms with Gasteiger partial charge in [-0.2, -0.15) is 4.98 Å². The summed E-state index contributed by atoms with van der Waals surface area (Å²) < 4.78 is 0. The SMILES string of the molecule is CN(C)c1nc(N(C)C)c2ccc(Cl)cc2n1. The molecule has 5 heteroatoms. The minimum Gasteiger partial charge on any atom is -0.362 e. The number of benzene rings is 1. The number of anilines is 2. The van der Waals surface area contributed by atoms with E-state index in [1.807, 2.05) is 56.2 Å². The lowest BCUT2D eigenvalue weighted by Gasteiger charge is -2.18. The monoisotopic (exact) mass is 250 g/mol. The molecule has 0 spiro atoms. The molecule has 0 atom stereocenters. The molecule has 4 nitrogen and oxygen atoms in total. The van der Waals surface area contributed by atoms with Gasteiger partial charge in [-0.25, -0.2) is 4.98 Å². The fourth-order valence-corrected chi connectivity index (χ4v) is 1.78. The first-order chi connectivity index (χ1) is 7.99. The Morgan fingerprint density at radius 3 is 2.29 bits per heavy atom. The molecule has 0 aliphatic carbocycles. The van der Waals surface area contributed by atoms with Crippen molar-refractivity contribution in [3.05, 3.63) is 23.2 Å². The molecule has 0 fully saturated rings. The van der Waals surface area contributed by atoms with Gasteiger partial charge in [-0.05, 0) is 18.2 Å². The first-order valence-electron chi connectivity index (χ1n) is 5.31. The van der Waals surface area contributed by atoms with Crippen LogP contribution in [0.4, 0.5) is 11.8 Å². The van der Waals surface area contributed by atoms with Crippen LogP contribution in [0.5, 0.6) is 0 Å². The molecule has 0 bridgehead atoms. The second kappa shape index (κ2) is 4.37. The van der Waals surface area contributed by atoms with Gasteiger partial charge in [0, 0.05) is 38.6 Å². The molecule has 0 unspecified atom stereocenters. The normalized spacial score (nSPS) is 10.6. The summed E-state index contributed by atoms with van der Waals surface area (Å²) in [6.45, 7) is 0. The molecule has 90 valence electrons. The number of aromatic nitrogens is 2. The van der Waals surface area contributed by atoms with Gasteiger partial charge in [0.2, 0.25) is 5.95 Å². The lowest BCUT2D eigenvalue weighted by atomic mass is 10.2. The molecule has 0 saturated heterocycles. The van der Waals surface area contributed by atoms with Gasteiger partial charge in [-0.1, -0.05) is 11.6 Å². The highest BCUT2D eigenvalue weighted by atomic mass is 35.5. The van der Waals surface area contributed by atoms with E-state index in [0.29, 0.717) is 11.0 Å². The molecule has 1 aromatic carbocycles. The van der Waals surface area contributed by atoms with Crippen LogP contribution in [0.25, 0.3) is 10.9 Å². The van der Waals surface area contributed by atoms with E-state index < -0.39 is 0 Å². The molecule has 0 radical (unpaired) electrons. The fraction of sp³-hybridized carbons (Fsp3) is 0.333. The Bertz CT molecular complexity index is 551. The molecule has 2 rings (SSSR count). The predicted molar refractivity (Wildman–Crippen MR) is 73.2 cm³/mol. The lowest BCUT2D eigenvalue weighted by Crippen LogP contribution is -2.17. The molecular weight excluding hydrogens is 236 g/mol. The van der Waals surface area contributed by atoms with Crippen molar-refractivity contribution in [3.8, 4) is 0 Å². The van der Waals surface area contributed by atoms with Crippen LogP contribution < -0.4 is 9.80 Å². The van der Waals surface area contributed by atoms with E-state index in [4.69, 9.17) is 11.6 Å². The molecular formula is C12H15ClN4. The minimum absolute atomic E-state index is 0.684. The van der Waals surface area contributed by atoms with E-state index in [1.54, 1.807) is 0 Å². The Hall–Kier alpha value is -1.55. The van der Waals surface area contributed by atoms with Gasteiger partial charge in [-0.3, -0.25) is 0 Å². The maximum atomic E-state index is 5.99.